The van der Waals surface area contributed by atoms with Crippen molar-refractivity contribution in [2.24, 2.45) is 0 Å². The molecule has 0 radical (unpaired) electrons. The molecule has 0 atom stereocenters. The highest BCUT2D eigenvalue weighted by Gasteiger charge is 2.34. The average molecular weight is 436 g/mol. The number of fused-ring (bicyclic) bond motifs is 2. The van der Waals surface area contributed by atoms with E-state index in [4.69, 9.17) is 21.1 Å². The summed E-state index contributed by atoms with van der Waals surface area (Å²) in [6.07, 6.45) is 1.36. The maximum Gasteiger partial charge on any atom is 0.231 e. The molecule has 6 heteroatoms. The highest BCUT2D eigenvalue weighted by Crippen LogP contribution is 2.43. The Morgan fingerprint density at radius 2 is 1.94 bits per heavy atom. The van der Waals surface area contributed by atoms with E-state index in [1.54, 1.807) is 6.07 Å². The van der Waals surface area contributed by atoms with Crippen molar-refractivity contribution in [3.63, 3.8) is 0 Å². The summed E-state index contributed by atoms with van der Waals surface area (Å²) in [7, 11) is 0. The Hall–Kier alpha value is -3.15. The van der Waals surface area contributed by atoms with Crippen LogP contribution in [0.2, 0.25) is 5.02 Å². The molecule has 156 valence electrons. The van der Waals surface area contributed by atoms with Gasteiger partial charge in [-0.05, 0) is 36.8 Å². The Morgan fingerprint density at radius 3 is 2.71 bits per heavy atom. The maximum atomic E-state index is 14.2. The zero-order chi connectivity index (χ0) is 21.5. The zero-order valence-corrected chi connectivity index (χ0v) is 17.6. The number of hydrogen-bond acceptors (Lipinski definition) is 4. The molecule has 2 heterocycles. The topological polar surface area (TPSA) is 38.8 Å². The number of allylic oxidation sites excluding steroid dienone is 1. The molecule has 0 saturated carbocycles. The Morgan fingerprint density at radius 1 is 1.13 bits per heavy atom. The van der Waals surface area contributed by atoms with Crippen LogP contribution in [0.1, 0.15) is 32.6 Å². The third-order valence-electron chi connectivity index (χ3n) is 5.53. The molecule has 0 saturated heterocycles. The van der Waals surface area contributed by atoms with Gasteiger partial charge in [-0.15, -0.1) is 0 Å². The molecule has 0 aliphatic carbocycles. The van der Waals surface area contributed by atoms with Gasteiger partial charge in [0.15, 0.2) is 5.76 Å². The lowest BCUT2D eigenvalue weighted by molar-refractivity contribution is 0.0876. The van der Waals surface area contributed by atoms with Gasteiger partial charge in [0, 0.05) is 29.8 Å². The van der Waals surface area contributed by atoms with Gasteiger partial charge >= 0.3 is 0 Å². The predicted octanol–water partition coefficient (Wildman–Crippen LogP) is 5.76. The quantitative estimate of drug-likeness (QED) is 0.490. The molecule has 0 N–H and O–H groups in total. The van der Waals surface area contributed by atoms with Gasteiger partial charge in [0.25, 0.3) is 0 Å². The molecule has 3 aromatic rings. The number of rotatable bonds is 3. The second-order valence-corrected chi connectivity index (χ2v) is 8.09. The molecular formula is C25H19ClFNO3. The van der Waals surface area contributed by atoms with Crippen LogP contribution >= 0.6 is 11.6 Å². The van der Waals surface area contributed by atoms with Crippen molar-refractivity contribution < 1.29 is 18.7 Å². The standard InChI is InChI=1S/C25H19ClFNO3/c1-15-24-17(13-28(14-30-24)12-16-6-3-2-4-7-16)10-19-23(29)22(31-25(15)19)11-18-20(26)8-5-9-21(18)27/h2-11H,12-14H2,1H3/b22-11-. The summed E-state index contributed by atoms with van der Waals surface area (Å²) < 4.78 is 26.1. The Bertz CT molecular complexity index is 1200. The smallest absolute Gasteiger partial charge is 0.231 e. The minimum Gasteiger partial charge on any atom is -0.477 e. The minimum absolute atomic E-state index is 0.0496. The molecule has 2 aliphatic rings. The number of ketones is 1. The van der Waals surface area contributed by atoms with Crippen LogP contribution in [0.3, 0.4) is 0 Å². The molecule has 0 aromatic heterocycles. The monoisotopic (exact) mass is 435 g/mol. The molecular weight excluding hydrogens is 417 g/mol. The number of ether oxygens (including phenoxy) is 2. The number of carbonyl (C=O) groups excluding carboxylic acids is 1. The normalized spacial score (nSPS) is 16.6. The second-order valence-electron chi connectivity index (χ2n) is 7.69. The van der Waals surface area contributed by atoms with Crippen molar-refractivity contribution in [1.82, 2.24) is 4.90 Å². The Labute approximate surface area is 184 Å². The van der Waals surface area contributed by atoms with Crippen molar-refractivity contribution in [2.45, 2.75) is 20.0 Å². The molecule has 3 aromatic carbocycles. The molecule has 0 unspecified atom stereocenters. The molecule has 31 heavy (non-hydrogen) atoms. The van der Waals surface area contributed by atoms with Crippen molar-refractivity contribution in [2.75, 3.05) is 6.73 Å². The van der Waals surface area contributed by atoms with Gasteiger partial charge in [-0.25, -0.2) is 4.39 Å². The highest BCUT2D eigenvalue weighted by atomic mass is 35.5. The van der Waals surface area contributed by atoms with Crippen LogP contribution in [0.25, 0.3) is 6.08 Å². The summed E-state index contributed by atoms with van der Waals surface area (Å²) in [6.45, 7) is 3.72. The number of nitrogens with zero attached hydrogens (tertiary/aromatic N) is 1. The van der Waals surface area contributed by atoms with Crippen molar-refractivity contribution in [3.8, 4) is 11.5 Å². The van der Waals surface area contributed by atoms with E-state index in [9.17, 15) is 9.18 Å². The lowest BCUT2D eigenvalue weighted by Crippen LogP contribution is -2.32. The maximum absolute atomic E-state index is 14.2. The second kappa shape index (κ2) is 7.84. The van der Waals surface area contributed by atoms with Gasteiger partial charge in [-0.1, -0.05) is 48.0 Å². The van der Waals surface area contributed by atoms with Crippen LogP contribution in [0.4, 0.5) is 4.39 Å². The lowest BCUT2D eigenvalue weighted by atomic mass is 9.99. The van der Waals surface area contributed by atoms with Gasteiger partial charge < -0.3 is 9.47 Å². The van der Waals surface area contributed by atoms with E-state index in [2.05, 4.69) is 17.0 Å². The molecule has 5 rings (SSSR count). The Kier molecular flexibility index (Phi) is 5.00. The van der Waals surface area contributed by atoms with Crippen molar-refractivity contribution in [1.29, 1.82) is 0 Å². The van der Waals surface area contributed by atoms with Crippen LogP contribution < -0.4 is 9.47 Å². The summed E-state index contributed by atoms with van der Waals surface area (Å²) in [4.78, 5) is 15.2. The first kappa shape index (κ1) is 19.8. The number of Topliss-reactive ketones (excluding diaryl/α,β-unsaturated/α-hetero) is 1. The van der Waals surface area contributed by atoms with E-state index in [1.807, 2.05) is 31.2 Å². The summed E-state index contributed by atoms with van der Waals surface area (Å²) in [6, 6.07) is 16.4. The van der Waals surface area contributed by atoms with E-state index < -0.39 is 5.82 Å². The van der Waals surface area contributed by atoms with Gasteiger partial charge in [-0.2, -0.15) is 0 Å². The van der Waals surface area contributed by atoms with E-state index in [-0.39, 0.29) is 22.1 Å². The molecule has 2 aliphatic heterocycles. The van der Waals surface area contributed by atoms with Gasteiger partial charge in [-0.3, -0.25) is 9.69 Å². The fraction of sp³-hybridized carbons (Fsp3) is 0.160. The number of halogens is 2. The van der Waals surface area contributed by atoms with Crippen LogP contribution in [-0.2, 0) is 13.1 Å². The first-order chi connectivity index (χ1) is 15.0. The fourth-order valence-electron chi connectivity index (χ4n) is 4.02. The number of benzene rings is 3. The molecule has 0 amide bonds. The van der Waals surface area contributed by atoms with E-state index >= 15 is 0 Å². The summed E-state index contributed by atoms with van der Waals surface area (Å²) in [5.41, 5.74) is 3.48. The molecule has 0 bridgehead atoms. The highest BCUT2D eigenvalue weighted by molar-refractivity contribution is 6.32. The zero-order valence-electron chi connectivity index (χ0n) is 16.8. The molecule has 0 spiro atoms. The van der Waals surface area contributed by atoms with Crippen LogP contribution in [0.5, 0.6) is 11.5 Å². The molecule has 4 nitrogen and oxygen atoms in total. The summed E-state index contributed by atoms with van der Waals surface area (Å²) >= 11 is 6.11. The number of carbonyl (C=O) groups is 1. The molecule has 0 fully saturated rings. The Balaban J connectivity index is 1.46. The minimum atomic E-state index is -0.511. The summed E-state index contributed by atoms with van der Waals surface area (Å²) in [5, 5.41) is 0.218. The lowest BCUT2D eigenvalue weighted by Gasteiger charge is -2.30. The largest absolute Gasteiger partial charge is 0.477 e. The first-order valence-corrected chi connectivity index (χ1v) is 10.3. The van der Waals surface area contributed by atoms with E-state index in [0.717, 1.165) is 23.4 Å². The van der Waals surface area contributed by atoms with Crippen LogP contribution in [-0.4, -0.2) is 17.4 Å². The fourth-order valence-corrected chi connectivity index (χ4v) is 4.24. The average Bonchev–Trinajstić information content (AvgIpc) is 3.07. The third kappa shape index (κ3) is 3.60. The summed E-state index contributed by atoms with van der Waals surface area (Å²) in [5.74, 6) is 0.442. The van der Waals surface area contributed by atoms with Crippen LogP contribution in [0.15, 0.2) is 60.4 Å². The van der Waals surface area contributed by atoms with Gasteiger partial charge in [0.1, 0.15) is 24.0 Å². The van der Waals surface area contributed by atoms with Crippen molar-refractivity contribution in [3.05, 3.63) is 99.0 Å². The predicted molar refractivity (Wildman–Crippen MR) is 117 cm³/mol. The number of hydrogen-bond donors (Lipinski definition) is 0. The van der Waals surface area contributed by atoms with Gasteiger partial charge in [0.05, 0.1) is 10.6 Å². The van der Waals surface area contributed by atoms with Crippen molar-refractivity contribution >= 4 is 23.5 Å². The van der Waals surface area contributed by atoms with E-state index in [0.29, 0.717) is 24.6 Å². The van der Waals surface area contributed by atoms with E-state index in [1.165, 1.54) is 23.8 Å². The first-order valence-electron chi connectivity index (χ1n) is 9.95. The van der Waals surface area contributed by atoms with Crippen LogP contribution in [0, 0.1) is 12.7 Å². The third-order valence-corrected chi connectivity index (χ3v) is 5.86. The van der Waals surface area contributed by atoms with Gasteiger partial charge in [0.2, 0.25) is 5.78 Å². The SMILES string of the molecule is Cc1c2c(cc3c1O/C(=C\c1c(F)cccc1Cl)C3=O)CN(Cc1ccccc1)CO2.